The Hall–Kier alpha value is -5.60. The van der Waals surface area contributed by atoms with Crippen LogP contribution in [0.5, 0.6) is 0 Å². The number of esters is 3. The number of hydrogen-bond acceptors (Lipinski definition) is 15. The molecular formula is C64H104F2N6O12. The second kappa shape index (κ2) is 22.9. The molecule has 84 heavy (non-hydrogen) atoms. The van der Waals surface area contributed by atoms with Crippen LogP contribution < -0.4 is 30.7 Å². The molecule has 0 aliphatic carbocycles. The number of carbonyl (C=O) groups excluding carboxylic acids is 6. The molecule has 20 heteroatoms. The molecule has 4 aliphatic heterocycles. The zero-order valence-corrected chi connectivity index (χ0v) is 56.7. The lowest BCUT2D eigenvalue weighted by molar-refractivity contribution is -0.214. The van der Waals surface area contributed by atoms with E-state index in [1.807, 2.05) is 118 Å². The molecule has 2 aromatic carbocycles. The molecule has 0 aromatic heterocycles. The molecule has 0 spiro atoms. The smallest absolute Gasteiger partial charge is 0.415 e. The van der Waals surface area contributed by atoms with Crippen molar-refractivity contribution < 1.29 is 66.0 Å². The van der Waals surface area contributed by atoms with Crippen LogP contribution in [0.15, 0.2) is 36.4 Å². The van der Waals surface area contributed by atoms with E-state index in [0.717, 1.165) is 0 Å². The van der Waals surface area contributed by atoms with Crippen LogP contribution in [0, 0.1) is 11.6 Å². The van der Waals surface area contributed by atoms with Crippen molar-refractivity contribution in [3.8, 4) is 0 Å². The molecule has 3 amide bonds. The number of amides is 3. The summed E-state index contributed by atoms with van der Waals surface area (Å²) in [7, 11) is 0. The van der Waals surface area contributed by atoms with E-state index in [-0.39, 0.29) is 11.9 Å². The van der Waals surface area contributed by atoms with Crippen LogP contribution in [0.25, 0.3) is 0 Å². The zero-order chi connectivity index (χ0) is 66.1. The maximum Gasteiger partial charge on any atom is 0.415 e. The fourth-order valence-electron chi connectivity index (χ4n) is 12.3. The van der Waals surface area contributed by atoms with Gasteiger partial charge in [-0.2, -0.15) is 0 Å². The second-order valence-electron chi connectivity index (χ2n) is 29.1. The number of morpholine rings is 2. The fraction of sp³-hybridized carbons (Fsp3) is 0.719. The monoisotopic (exact) mass is 1190 g/mol. The largest absolute Gasteiger partial charge is 0.466 e. The average molecular weight is 1190 g/mol. The van der Waals surface area contributed by atoms with Crippen LogP contribution in [0.4, 0.5) is 41.1 Å². The second-order valence-corrected chi connectivity index (χ2v) is 29.1. The van der Waals surface area contributed by atoms with Crippen molar-refractivity contribution in [2.24, 2.45) is 5.73 Å². The lowest BCUT2D eigenvalue weighted by Gasteiger charge is -2.67. The van der Waals surface area contributed by atoms with Crippen LogP contribution in [0.3, 0.4) is 0 Å². The van der Waals surface area contributed by atoms with E-state index in [2.05, 4.69) is 80.0 Å². The molecule has 4 heterocycles. The molecule has 18 nitrogen and oxygen atoms in total. The number of hydrogen-bond donors (Lipinski definition) is 2. The van der Waals surface area contributed by atoms with Crippen molar-refractivity contribution in [3.63, 3.8) is 0 Å². The van der Waals surface area contributed by atoms with Crippen LogP contribution >= 0.6 is 0 Å². The van der Waals surface area contributed by atoms with Gasteiger partial charge in [0.15, 0.2) is 11.2 Å². The summed E-state index contributed by atoms with van der Waals surface area (Å²) < 4.78 is 65.3. The third kappa shape index (κ3) is 12.5. The van der Waals surface area contributed by atoms with E-state index in [1.54, 1.807) is 38.1 Å². The first-order valence-electron chi connectivity index (χ1n) is 28.8. The SMILES string of the molecule is CC(=O)NC(C)(C)[C@]1(C)OC(=O)N(c2ccc(N3C(C)(C)C(C)(C)OC(C)(C)C3(C)C)c(F)c2)C1(C)C.CC(=O)OC(C)=O.CC1(C)OC(C)(C)C(C)(C)N(c2ccc(N3C(=O)O[C@@](C)(C(C)(C)N)C3(C)C)cc2F)C1(C)C.CCOC(C)=O. The normalized spacial score (nSPS) is 25.2. The van der Waals surface area contributed by atoms with Crippen molar-refractivity contribution in [2.75, 3.05) is 26.2 Å². The number of ether oxygens (including phenoxy) is 6. The number of nitrogens with two attached hydrogens (primary N) is 1. The predicted molar refractivity (Wildman–Crippen MR) is 326 cm³/mol. The first kappa shape index (κ1) is 72.7. The van der Waals surface area contributed by atoms with Crippen LogP contribution in [0.1, 0.15) is 215 Å². The molecule has 6 rings (SSSR count). The van der Waals surface area contributed by atoms with Gasteiger partial charge in [0.25, 0.3) is 0 Å². The number of benzene rings is 2. The van der Waals surface area contributed by atoms with Gasteiger partial charge < -0.3 is 49.3 Å². The summed E-state index contributed by atoms with van der Waals surface area (Å²) in [5.74, 6) is -2.41. The van der Waals surface area contributed by atoms with Crippen molar-refractivity contribution in [2.45, 2.75) is 293 Å². The Balaban J connectivity index is 0.000000364. The van der Waals surface area contributed by atoms with Gasteiger partial charge in [-0.3, -0.25) is 29.0 Å². The molecule has 2 aromatic rings. The summed E-state index contributed by atoms with van der Waals surface area (Å²) >= 11 is 0. The Morgan fingerprint density at radius 2 is 0.810 bits per heavy atom. The molecule has 3 N–H and O–H groups in total. The number of anilines is 4. The Labute approximate surface area is 500 Å². The van der Waals surface area contributed by atoms with E-state index < -0.39 is 114 Å². The van der Waals surface area contributed by atoms with E-state index >= 15 is 8.78 Å². The van der Waals surface area contributed by atoms with Gasteiger partial charge in [0.1, 0.15) is 11.6 Å². The first-order chi connectivity index (χ1) is 37.2. The Morgan fingerprint density at radius 3 is 1.02 bits per heavy atom. The number of nitrogens with one attached hydrogen (secondary N) is 1. The maximum atomic E-state index is 16.1. The number of carbonyl (C=O) groups is 6. The van der Waals surface area contributed by atoms with Crippen molar-refractivity contribution in [3.05, 3.63) is 48.0 Å². The lowest BCUT2D eigenvalue weighted by atomic mass is 9.70. The lowest BCUT2D eigenvalue weighted by Crippen LogP contribution is -2.78. The summed E-state index contributed by atoms with van der Waals surface area (Å²) in [6.45, 7) is 58.8. The van der Waals surface area contributed by atoms with Gasteiger partial charge >= 0.3 is 30.1 Å². The average Bonchev–Trinajstić information content (AvgIpc) is 0.941. The predicted octanol–water partition coefficient (Wildman–Crippen LogP) is 12.9. The van der Waals surface area contributed by atoms with E-state index in [0.29, 0.717) is 29.4 Å². The number of nitrogens with zero attached hydrogens (tertiary/aromatic N) is 4. The maximum absolute atomic E-state index is 16.1. The number of halogens is 2. The molecule has 0 radical (unpaired) electrons. The third-order valence-electron chi connectivity index (χ3n) is 20.0. The molecule has 4 saturated heterocycles. The molecule has 0 bridgehead atoms. The number of rotatable bonds is 8. The highest BCUT2D eigenvalue weighted by atomic mass is 19.1. The highest BCUT2D eigenvalue weighted by Gasteiger charge is 2.67. The van der Waals surface area contributed by atoms with Gasteiger partial charge in [-0.1, -0.05) is 0 Å². The molecular weight excluding hydrogens is 1080 g/mol. The molecule has 476 valence electrons. The Kier molecular flexibility index (Phi) is 19.8. The van der Waals surface area contributed by atoms with Gasteiger partial charge in [0, 0.05) is 27.7 Å². The van der Waals surface area contributed by atoms with Crippen molar-refractivity contribution in [1.82, 2.24) is 5.32 Å². The minimum Gasteiger partial charge on any atom is -0.466 e. The Bertz CT molecular complexity index is 2780. The molecule has 2 atom stereocenters. The van der Waals surface area contributed by atoms with Crippen LogP contribution in [-0.2, 0) is 47.6 Å². The quantitative estimate of drug-likeness (QED) is 0.143. The number of cyclic esters (lactones) is 2. The third-order valence-corrected chi connectivity index (χ3v) is 20.0. The standard InChI is InChI=1S/C29H46FN3O4.C27H44FN3O3.C4H6O3.C4H8O2/c1-18(34)31-23(2,3)29(14)26(8,9)32(22(35)36-29)19-15-16-21(20(30)17-19)33-24(4,5)27(10,11)37-28(12,13)25(33,6)7;1-21(2,29)27(13)24(7,8)30(20(32)33-27)17-14-15-19(18(28)16-17)31-22(3,4)25(9,10)34-26(11,12)23(31,5)6;1-3(5)7-4(2)6;1-3-6-4(2)5/h15-17H,1-14H3,(H,31,34);14-16H,29H2,1-13H3;1-2H3;3H2,1-2H3/t29-;27-;;/m00../s1. The van der Waals surface area contributed by atoms with Gasteiger partial charge in [0.2, 0.25) is 5.91 Å². The van der Waals surface area contributed by atoms with E-state index in [9.17, 15) is 28.8 Å². The Morgan fingerprint density at radius 1 is 0.512 bits per heavy atom. The van der Waals surface area contributed by atoms with Crippen molar-refractivity contribution in [1.29, 1.82) is 0 Å². The van der Waals surface area contributed by atoms with Gasteiger partial charge in [-0.05, 0) is 223 Å². The summed E-state index contributed by atoms with van der Waals surface area (Å²) in [4.78, 5) is 74.9. The molecule has 4 fully saturated rings. The highest BCUT2D eigenvalue weighted by molar-refractivity contribution is 5.94. The van der Waals surface area contributed by atoms with Crippen LogP contribution in [0.2, 0.25) is 0 Å². The van der Waals surface area contributed by atoms with Gasteiger partial charge in [-0.25, -0.2) is 18.4 Å². The van der Waals surface area contributed by atoms with Gasteiger partial charge in [0.05, 0.1) is 96.1 Å². The summed E-state index contributed by atoms with van der Waals surface area (Å²) in [6.07, 6.45) is -1.13. The zero-order valence-electron chi connectivity index (χ0n) is 56.7. The minimum atomic E-state index is -1.10. The fourth-order valence-corrected chi connectivity index (χ4v) is 12.3. The molecule has 0 saturated carbocycles. The summed E-state index contributed by atoms with van der Waals surface area (Å²) in [5.41, 5.74) is -1.74. The van der Waals surface area contributed by atoms with Gasteiger partial charge in [-0.15, -0.1) is 0 Å². The summed E-state index contributed by atoms with van der Waals surface area (Å²) in [5, 5.41) is 2.91. The highest BCUT2D eigenvalue weighted by Crippen LogP contribution is 2.55. The van der Waals surface area contributed by atoms with Crippen molar-refractivity contribution >= 4 is 58.8 Å². The van der Waals surface area contributed by atoms with E-state index in [4.69, 9.17) is 24.7 Å². The van der Waals surface area contributed by atoms with E-state index in [1.165, 1.54) is 49.6 Å². The molecule has 0 unspecified atom stereocenters. The first-order valence-corrected chi connectivity index (χ1v) is 28.8. The van der Waals surface area contributed by atoms with Crippen LogP contribution in [-0.4, -0.2) is 121 Å². The topological polar surface area (TPSA) is 209 Å². The summed E-state index contributed by atoms with van der Waals surface area (Å²) in [6, 6.07) is 9.88. The minimum absolute atomic E-state index is 0.211. The molecule has 4 aliphatic rings.